The van der Waals surface area contributed by atoms with Gasteiger partial charge in [0.05, 0.1) is 16.5 Å². The Kier molecular flexibility index (Phi) is 6.26. The number of carbonyl (C=O) groups is 4. The van der Waals surface area contributed by atoms with Crippen molar-refractivity contribution in [1.29, 1.82) is 0 Å². The first-order valence-electron chi connectivity index (χ1n) is 8.39. The SMILES string of the molecule is CON=C(C(=O)NC1C(=O)N2C(C(=O)[O-])=C(COC(C)=O)CSC12)c1cnc(N)s1. The van der Waals surface area contributed by atoms with Crippen LogP contribution in [0.25, 0.3) is 0 Å². The molecule has 1 aromatic rings. The number of rotatable bonds is 7. The van der Waals surface area contributed by atoms with Crippen molar-refractivity contribution >= 4 is 57.7 Å². The molecule has 2 aliphatic heterocycles. The Labute approximate surface area is 178 Å². The summed E-state index contributed by atoms with van der Waals surface area (Å²) < 4.78 is 4.85. The maximum Gasteiger partial charge on any atom is 0.302 e. The van der Waals surface area contributed by atoms with Gasteiger partial charge in [0.15, 0.2) is 10.8 Å². The molecule has 1 aromatic heterocycles. The number of thiazole rings is 1. The van der Waals surface area contributed by atoms with Gasteiger partial charge >= 0.3 is 5.97 Å². The van der Waals surface area contributed by atoms with Crippen molar-refractivity contribution in [2.45, 2.75) is 18.3 Å². The lowest BCUT2D eigenvalue weighted by molar-refractivity contribution is -0.301. The topological polar surface area (TPSA) is 176 Å². The highest BCUT2D eigenvalue weighted by atomic mass is 32.2. The molecule has 160 valence electrons. The summed E-state index contributed by atoms with van der Waals surface area (Å²) >= 11 is 2.23. The number of amides is 2. The van der Waals surface area contributed by atoms with Crippen molar-refractivity contribution in [2.75, 3.05) is 25.2 Å². The normalized spacial score (nSPS) is 20.9. The number of aromatic nitrogens is 1. The van der Waals surface area contributed by atoms with Crippen LogP contribution in [0, 0.1) is 0 Å². The fourth-order valence-corrected chi connectivity index (χ4v) is 4.86. The minimum atomic E-state index is -1.57. The second kappa shape index (κ2) is 8.71. The van der Waals surface area contributed by atoms with E-state index in [9.17, 15) is 24.3 Å². The van der Waals surface area contributed by atoms with Gasteiger partial charge in [0.2, 0.25) is 0 Å². The minimum absolute atomic E-state index is 0.120. The Morgan fingerprint density at radius 3 is 2.77 bits per heavy atom. The van der Waals surface area contributed by atoms with E-state index in [0.29, 0.717) is 4.88 Å². The number of anilines is 1. The Morgan fingerprint density at radius 1 is 1.47 bits per heavy atom. The molecule has 30 heavy (non-hydrogen) atoms. The van der Waals surface area contributed by atoms with Crippen molar-refractivity contribution in [2.24, 2.45) is 5.16 Å². The molecular weight excluding hydrogens is 438 g/mol. The number of carbonyl (C=O) groups excluding carboxylic acids is 4. The minimum Gasteiger partial charge on any atom is -0.543 e. The van der Waals surface area contributed by atoms with Gasteiger partial charge in [-0.25, -0.2) is 4.98 Å². The highest BCUT2D eigenvalue weighted by Gasteiger charge is 2.53. The zero-order valence-electron chi connectivity index (χ0n) is 15.7. The number of carboxylic acid groups (broad SMARTS) is 1. The van der Waals surface area contributed by atoms with Crippen LogP contribution in [0.4, 0.5) is 5.13 Å². The number of thioether (sulfide) groups is 1. The third-order valence-electron chi connectivity index (χ3n) is 4.13. The molecule has 3 N–H and O–H groups in total. The number of carboxylic acids is 1. The monoisotopic (exact) mass is 454 g/mol. The van der Waals surface area contributed by atoms with Crippen molar-refractivity contribution < 1.29 is 33.9 Å². The average molecular weight is 454 g/mol. The van der Waals surface area contributed by atoms with E-state index in [1.165, 1.54) is 32.0 Å². The Bertz CT molecular complexity index is 973. The van der Waals surface area contributed by atoms with E-state index in [-0.39, 0.29) is 34.5 Å². The van der Waals surface area contributed by atoms with Gasteiger partial charge in [-0.2, -0.15) is 0 Å². The number of ether oxygens (including phenoxy) is 1. The van der Waals surface area contributed by atoms with Crippen LogP contribution in [0.2, 0.25) is 0 Å². The van der Waals surface area contributed by atoms with Crippen molar-refractivity contribution in [3.05, 3.63) is 22.3 Å². The van der Waals surface area contributed by atoms with Crippen LogP contribution < -0.4 is 16.2 Å². The number of aliphatic carboxylic acids is 1. The van der Waals surface area contributed by atoms with Gasteiger partial charge < -0.3 is 30.5 Å². The van der Waals surface area contributed by atoms with Gasteiger partial charge in [0.25, 0.3) is 11.8 Å². The maximum absolute atomic E-state index is 12.7. The third kappa shape index (κ3) is 4.09. The first kappa shape index (κ1) is 21.6. The molecule has 0 spiro atoms. The zero-order valence-corrected chi connectivity index (χ0v) is 17.4. The highest BCUT2D eigenvalue weighted by Crippen LogP contribution is 2.40. The molecule has 2 aliphatic rings. The lowest BCUT2D eigenvalue weighted by Crippen LogP contribution is -2.71. The number of esters is 1. The van der Waals surface area contributed by atoms with Gasteiger partial charge in [-0.1, -0.05) is 16.5 Å². The Morgan fingerprint density at radius 2 is 2.20 bits per heavy atom. The van der Waals surface area contributed by atoms with E-state index < -0.39 is 35.2 Å². The summed E-state index contributed by atoms with van der Waals surface area (Å²) in [5.41, 5.74) is 5.35. The molecule has 1 fully saturated rings. The van der Waals surface area contributed by atoms with E-state index >= 15 is 0 Å². The number of nitrogens with zero attached hydrogens (tertiary/aromatic N) is 3. The molecule has 14 heteroatoms. The van der Waals surface area contributed by atoms with E-state index in [1.54, 1.807) is 0 Å². The molecule has 0 aliphatic carbocycles. The number of hydrogen-bond acceptors (Lipinski definition) is 12. The predicted octanol–water partition coefficient (Wildman–Crippen LogP) is -1.96. The molecule has 2 amide bonds. The number of nitrogen functional groups attached to an aromatic ring is 1. The Hall–Kier alpha value is -3.13. The van der Waals surface area contributed by atoms with Crippen LogP contribution in [0.15, 0.2) is 22.6 Å². The lowest BCUT2D eigenvalue weighted by atomic mass is 10.0. The van der Waals surface area contributed by atoms with Gasteiger partial charge in [-0.15, -0.1) is 11.8 Å². The van der Waals surface area contributed by atoms with Gasteiger partial charge in [-0.3, -0.25) is 19.3 Å². The molecule has 2 unspecified atom stereocenters. The number of hydrogen-bond donors (Lipinski definition) is 2. The first-order chi connectivity index (χ1) is 14.2. The summed E-state index contributed by atoms with van der Waals surface area (Å²) in [6.45, 7) is 0.922. The quantitative estimate of drug-likeness (QED) is 0.204. The molecule has 0 radical (unpaired) electrons. The fraction of sp³-hybridized carbons (Fsp3) is 0.375. The largest absolute Gasteiger partial charge is 0.543 e. The molecule has 0 bridgehead atoms. The molecule has 0 aromatic carbocycles. The number of nitrogens with two attached hydrogens (primary N) is 1. The molecule has 2 atom stereocenters. The van der Waals surface area contributed by atoms with E-state index in [2.05, 4.69) is 15.5 Å². The number of β-lactam (4-membered cyclic amide) rings is 1. The lowest BCUT2D eigenvalue weighted by Gasteiger charge is -2.50. The van der Waals surface area contributed by atoms with Crippen LogP contribution in [-0.4, -0.2) is 70.2 Å². The van der Waals surface area contributed by atoms with E-state index in [1.807, 2.05) is 0 Å². The zero-order chi connectivity index (χ0) is 22.0. The van der Waals surface area contributed by atoms with Crippen LogP contribution in [0.5, 0.6) is 0 Å². The maximum atomic E-state index is 12.7. The van der Waals surface area contributed by atoms with Crippen molar-refractivity contribution in [3.8, 4) is 0 Å². The molecular formula is C16H16N5O7S2-. The number of oxime groups is 1. The molecule has 1 saturated heterocycles. The first-order valence-corrected chi connectivity index (χ1v) is 10.3. The van der Waals surface area contributed by atoms with Crippen LogP contribution in [0.1, 0.15) is 11.8 Å². The molecule has 0 saturated carbocycles. The smallest absolute Gasteiger partial charge is 0.302 e. The second-order valence-corrected chi connectivity index (χ2v) is 8.23. The van der Waals surface area contributed by atoms with Crippen molar-refractivity contribution in [3.63, 3.8) is 0 Å². The molecule has 3 heterocycles. The summed E-state index contributed by atoms with van der Waals surface area (Å²) in [6, 6.07) is -0.987. The average Bonchev–Trinajstić information content (AvgIpc) is 3.13. The van der Waals surface area contributed by atoms with Crippen molar-refractivity contribution in [1.82, 2.24) is 15.2 Å². The summed E-state index contributed by atoms with van der Waals surface area (Å²) in [6.07, 6.45) is 1.35. The summed E-state index contributed by atoms with van der Waals surface area (Å²) in [5, 5.41) is 17.4. The van der Waals surface area contributed by atoms with Crippen LogP contribution in [0.3, 0.4) is 0 Å². The molecule has 12 nitrogen and oxygen atoms in total. The number of nitrogens with one attached hydrogen (secondary N) is 1. The summed E-state index contributed by atoms with van der Waals surface area (Å²) in [4.78, 5) is 57.8. The van der Waals surface area contributed by atoms with Gasteiger partial charge in [-0.05, 0) is 0 Å². The molecule has 3 rings (SSSR count). The van der Waals surface area contributed by atoms with Gasteiger partial charge in [0, 0.05) is 24.4 Å². The van der Waals surface area contributed by atoms with Gasteiger partial charge in [0.1, 0.15) is 25.1 Å². The van der Waals surface area contributed by atoms with E-state index in [0.717, 1.165) is 16.2 Å². The Balaban J connectivity index is 1.77. The second-order valence-electron chi connectivity index (χ2n) is 6.07. The van der Waals surface area contributed by atoms with E-state index in [4.69, 9.17) is 15.3 Å². The number of fused-ring (bicyclic) bond motifs is 1. The summed E-state index contributed by atoms with van der Waals surface area (Å²) in [5.74, 6) is -3.31. The van der Waals surface area contributed by atoms with Crippen LogP contribution >= 0.6 is 23.1 Å². The summed E-state index contributed by atoms with van der Waals surface area (Å²) in [7, 11) is 1.26. The fourth-order valence-electron chi connectivity index (χ4n) is 2.87. The standard InChI is InChI=1S/C16H17N5O7S2/c1-6(22)28-4-7-5-29-14-10(13(24)21(14)11(7)15(25)26)19-12(23)9(20-27-2)8-3-18-16(17)30-8/h3,10,14H,4-5H2,1-2H3,(H2,17,18)(H,19,23)(H,25,26)/p-1. The highest BCUT2D eigenvalue weighted by molar-refractivity contribution is 8.00. The third-order valence-corrected chi connectivity index (χ3v) is 6.30. The van der Waals surface area contributed by atoms with Crippen LogP contribution in [-0.2, 0) is 28.8 Å². The predicted molar refractivity (Wildman–Crippen MR) is 104 cm³/mol.